The quantitative estimate of drug-likeness (QED) is 0.274. The number of hydrogen-bond donors (Lipinski definition) is 2. The fourth-order valence-corrected chi connectivity index (χ4v) is 5.15. The minimum Gasteiger partial charge on any atom is -0.491 e. The average Bonchev–Trinajstić information content (AvgIpc) is 3.50. The summed E-state index contributed by atoms with van der Waals surface area (Å²) in [4.78, 5) is 36.0. The lowest BCUT2D eigenvalue weighted by molar-refractivity contribution is -0.111. The first kappa shape index (κ1) is 27.6. The van der Waals surface area contributed by atoms with Gasteiger partial charge in [-0.2, -0.15) is 0 Å². The minimum atomic E-state index is -0.360. The third-order valence-corrected chi connectivity index (χ3v) is 7.17. The normalized spacial score (nSPS) is 14.2. The van der Waals surface area contributed by atoms with Crippen LogP contribution < -0.4 is 15.4 Å². The van der Waals surface area contributed by atoms with Gasteiger partial charge in [-0.3, -0.25) is 9.78 Å². The zero-order valence-corrected chi connectivity index (χ0v) is 23.2. The molecule has 3 amide bonds. The first-order valence-electron chi connectivity index (χ1n) is 13.5. The van der Waals surface area contributed by atoms with Crippen LogP contribution in [0.2, 0.25) is 0 Å². The third kappa shape index (κ3) is 6.46. The molecule has 0 radical (unpaired) electrons. The summed E-state index contributed by atoms with van der Waals surface area (Å²) in [6.07, 6.45) is 8.90. The molecule has 1 unspecified atom stereocenters. The highest BCUT2D eigenvalue weighted by molar-refractivity contribution is 6.00. The first-order valence-corrected chi connectivity index (χ1v) is 13.5. The van der Waals surface area contributed by atoms with Crippen LogP contribution in [0.25, 0.3) is 0 Å². The van der Waals surface area contributed by atoms with Gasteiger partial charge in [0, 0.05) is 25.4 Å². The predicted octanol–water partition coefficient (Wildman–Crippen LogP) is 5.29. The van der Waals surface area contributed by atoms with Gasteiger partial charge in [-0.05, 0) is 72.4 Å². The lowest BCUT2D eigenvalue weighted by atomic mass is 9.85. The van der Waals surface area contributed by atoms with Crippen LogP contribution in [0.5, 0.6) is 5.75 Å². The Kier molecular flexibility index (Phi) is 8.43. The number of benzene rings is 2. The predicted molar refractivity (Wildman–Crippen MR) is 156 cm³/mol. The molecular formula is C32H33N5O4. The van der Waals surface area contributed by atoms with Crippen molar-refractivity contribution < 1.29 is 18.7 Å². The topological polar surface area (TPSA) is 110 Å². The van der Waals surface area contributed by atoms with Gasteiger partial charge in [0.05, 0.1) is 30.6 Å². The number of aryl methyl sites for hydroxylation is 2. The number of carbonyl (C=O) groups excluding carboxylic acids is 2. The summed E-state index contributed by atoms with van der Waals surface area (Å²) in [7, 11) is 0. The third-order valence-electron chi connectivity index (χ3n) is 7.17. The van der Waals surface area contributed by atoms with E-state index >= 15 is 0 Å². The molecule has 2 N–H and O–H groups in total. The van der Waals surface area contributed by atoms with Crippen molar-refractivity contribution in [2.24, 2.45) is 0 Å². The van der Waals surface area contributed by atoms with Crippen LogP contribution >= 0.6 is 0 Å². The number of nitrogens with one attached hydrogen (secondary N) is 2. The molecule has 1 aliphatic rings. The summed E-state index contributed by atoms with van der Waals surface area (Å²) in [6.45, 7) is 8.84. The molecule has 4 aromatic rings. The van der Waals surface area contributed by atoms with E-state index < -0.39 is 0 Å². The lowest BCUT2D eigenvalue weighted by Crippen LogP contribution is -2.46. The second kappa shape index (κ2) is 12.5. The van der Waals surface area contributed by atoms with Crippen molar-refractivity contribution in [1.29, 1.82) is 0 Å². The molecule has 0 bridgehead atoms. The molecule has 0 saturated carbocycles. The van der Waals surface area contributed by atoms with Gasteiger partial charge in [0.15, 0.2) is 6.39 Å². The Balaban J connectivity index is 1.51. The molecule has 0 spiro atoms. The lowest BCUT2D eigenvalue weighted by Gasteiger charge is -2.39. The number of hydrogen-bond acceptors (Lipinski definition) is 6. The molecule has 2 aromatic carbocycles. The van der Waals surface area contributed by atoms with Crippen molar-refractivity contribution in [2.75, 3.05) is 18.5 Å². The number of oxazole rings is 1. The van der Waals surface area contributed by atoms with Gasteiger partial charge >= 0.3 is 6.03 Å². The number of ether oxygens (including phenoxy) is 1. The highest BCUT2D eigenvalue weighted by Crippen LogP contribution is 2.41. The van der Waals surface area contributed by atoms with Gasteiger partial charge in [-0.25, -0.2) is 9.78 Å². The molecule has 2 aromatic heterocycles. The maximum atomic E-state index is 13.6. The number of pyridine rings is 1. The Morgan fingerprint density at radius 1 is 1.20 bits per heavy atom. The number of carbonyl (C=O) groups is 2. The number of urea groups is 1. The Bertz CT molecular complexity index is 1540. The Labute approximate surface area is 239 Å². The van der Waals surface area contributed by atoms with Gasteiger partial charge in [0.25, 0.3) is 0 Å². The number of amides is 3. The largest absolute Gasteiger partial charge is 0.491 e. The van der Waals surface area contributed by atoms with Crippen LogP contribution in [0.3, 0.4) is 0 Å². The van der Waals surface area contributed by atoms with Gasteiger partial charge in [0.2, 0.25) is 5.91 Å². The van der Waals surface area contributed by atoms with E-state index in [-0.39, 0.29) is 24.5 Å². The van der Waals surface area contributed by atoms with E-state index in [1.54, 1.807) is 6.20 Å². The van der Waals surface area contributed by atoms with E-state index in [9.17, 15) is 9.59 Å². The molecule has 1 atom stereocenters. The van der Waals surface area contributed by atoms with Crippen LogP contribution in [-0.4, -0.2) is 40.0 Å². The Hall–Kier alpha value is -4.92. The second-order valence-electron chi connectivity index (χ2n) is 10.0. The number of nitrogens with zero attached hydrogens (tertiary/aromatic N) is 3. The molecule has 3 heterocycles. The van der Waals surface area contributed by atoms with Gasteiger partial charge < -0.3 is 24.7 Å². The van der Waals surface area contributed by atoms with Crippen molar-refractivity contribution in [2.45, 2.75) is 39.3 Å². The van der Waals surface area contributed by atoms with E-state index in [0.29, 0.717) is 43.1 Å². The van der Waals surface area contributed by atoms with Crippen molar-refractivity contribution in [3.63, 3.8) is 0 Å². The first-order chi connectivity index (χ1) is 19.9. The van der Waals surface area contributed by atoms with Crippen LogP contribution in [-0.2, 0) is 24.2 Å². The van der Waals surface area contributed by atoms with Crippen LogP contribution in [0.15, 0.2) is 84.6 Å². The Morgan fingerprint density at radius 2 is 2.07 bits per heavy atom. The van der Waals surface area contributed by atoms with Gasteiger partial charge in [0.1, 0.15) is 12.0 Å². The molecule has 0 aliphatic carbocycles. The fourth-order valence-electron chi connectivity index (χ4n) is 5.15. The van der Waals surface area contributed by atoms with E-state index in [2.05, 4.69) is 59.2 Å². The molecule has 0 fully saturated rings. The molecule has 0 saturated heterocycles. The standard InChI is InChI=1S/C32H33N5O4/c1-4-30(38)36-28-15-24-9-12-37(32(39)34-18-25-19-40-20-35-25)31(26-8-7-21(2)14-22(26)3)27(24)16-29(28)41-13-10-23-6-5-11-33-17-23/h4-8,11,14-17,19-20,31H,1,9-10,12-13,18H2,2-3H3,(H,34,39)(H,36,38). The molecule has 210 valence electrons. The van der Waals surface area contributed by atoms with E-state index in [1.807, 2.05) is 35.4 Å². The summed E-state index contributed by atoms with van der Waals surface area (Å²) in [5.74, 6) is 0.208. The highest BCUT2D eigenvalue weighted by Gasteiger charge is 2.34. The monoisotopic (exact) mass is 551 g/mol. The molecule has 41 heavy (non-hydrogen) atoms. The van der Waals surface area contributed by atoms with E-state index in [1.165, 1.54) is 18.7 Å². The summed E-state index contributed by atoms with van der Waals surface area (Å²) >= 11 is 0. The maximum absolute atomic E-state index is 13.6. The molecule has 9 nitrogen and oxygen atoms in total. The van der Waals surface area contributed by atoms with Gasteiger partial charge in [-0.1, -0.05) is 36.4 Å². The van der Waals surface area contributed by atoms with Gasteiger partial charge in [-0.15, -0.1) is 0 Å². The van der Waals surface area contributed by atoms with Crippen LogP contribution in [0.4, 0.5) is 10.5 Å². The van der Waals surface area contributed by atoms with Crippen molar-refractivity contribution in [3.05, 3.63) is 119 Å². The zero-order valence-electron chi connectivity index (χ0n) is 23.2. The number of rotatable bonds is 9. The maximum Gasteiger partial charge on any atom is 0.318 e. The Morgan fingerprint density at radius 3 is 2.80 bits per heavy atom. The van der Waals surface area contributed by atoms with Crippen LogP contribution in [0.1, 0.15) is 45.1 Å². The minimum absolute atomic E-state index is 0.202. The molecule has 1 aliphatic heterocycles. The van der Waals surface area contributed by atoms with Crippen molar-refractivity contribution in [1.82, 2.24) is 20.2 Å². The smallest absolute Gasteiger partial charge is 0.318 e. The SMILES string of the molecule is C=CC(=O)Nc1cc2c(cc1OCCc1cccnc1)C(c1ccc(C)cc1C)N(C(=O)NCc1cocn1)CC2. The molecule has 9 heteroatoms. The summed E-state index contributed by atoms with van der Waals surface area (Å²) in [5, 5.41) is 5.89. The molecular weight excluding hydrogens is 518 g/mol. The van der Waals surface area contributed by atoms with Crippen molar-refractivity contribution in [3.8, 4) is 5.75 Å². The zero-order chi connectivity index (χ0) is 28.8. The highest BCUT2D eigenvalue weighted by atomic mass is 16.5. The summed E-state index contributed by atoms with van der Waals surface area (Å²) in [6, 6.07) is 13.5. The van der Waals surface area contributed by atoms with E-state index in [0.717, 1.165) is 33.4 Å². The number of fused-ring (bicyclic) bond motifs is 1. The van der Waals surface area contributed by atoms with Crippen molar-refractivity contribution >= 4 is 17.6 Å². The summed E-state index contributed by atoms with van der Waals surface area (Å²) in [5.41, 5.74) is 7.50. The summed E-state index contributed by atoms with van der Waals surface area (Å²) < 4.78 is 11.3. The number of anilines is 1. The average molecular weight is 552 g/mol. The fraction of sp³-hybridized carbons (Fsp3) is 0.250. The van der Waals surface area contributed by atoms with E-state index in [4.69, 9.17) is 9.15 Å². The van der Waals surface area contributed by atoms with Crippen LogP contribution in [0, 0.1) is 13.8 Å². The number of aromatic nitrogens is 2. The molecule has 5 rings (SSSR count). The second-order valence-corrected chi connectivity index (χ2v) is 10.0.